The minimum Gasteiger partial charge on any atom is -0.480 e. The fraction of sp³-hybridized carbons (Fsp3) is 0.385. The molecule has 0 fully saturated rings. The van der Waals surface area contributed by atoms with Crippen molar-refractivity contribution in [2.24, 2.45) is 5.73 Å². The van der Waals surface area contributed by atoms with Crippen molar-refractivity contribution in [1.82, 2.24) is 4.90 Å². The summed E-state index contributed by atoms with van der Waals surface area (Å²) in [6, 6.07) is 3.91. The van der Waals surface area contributed by atoms with Crippen molar-refractivity contribution >= 4 is 11.9 Å². The fourth-order valence-electron chi connectivity index (χ4n) is 1.64. The van der Waals surface area contributed by atoms with E-state index < -0.39 is 17.7 Å². The summed E-state index contributed by atoms with van der Waals surface area (Å²) in [5.41, 5.74) is 5.48. The van der Waals surface area contributed by atoms with Gasteiger partial charge < -0.3 is 10.8 Å². The van der Waals surface area contributed by atoms with Gasteiger partial charge >= 0.3 is 5.97 Å². The number of nitrogens with zero attached hydrogens (tertiary/aromatic N) is 1. The fourth-order valence-corrected chi connectivity index (χ4v) is 1.64. The number of benzene rings is 1. The zero-order valence-corrected chi connectivity index (χ0v) is 10.9. The molecular weight excluding hydrogens is 251 g/mol. The second kappa shape index (κ2) is 6.29. The highest BCUT2D eigenvalue weighted by atomic mass is 19.1. The topological polar surface area (TPSA) is 83.6 Å². The molecule has 3 N–H and O–H groups in total. The number of rotatable bonds is 6. The first-order chi connectivity index (χ1) is 8.81. The minimum atomic E-state index is -0.970. The standard InChI is InChI=1S/C13H17FN2O3/c1-8(2)16(7-12(17)18)6-10-4-3-9(13(15)19)5-11(10)14/h3-5,8H,6-7H2,1-2H3,(H2,15,19)(H,17,18). The van der Waals surface area contributed by atoms with Crippen LogP contribution in [-0.2, 0) is 11.3 Å². The maximum Gasteiger partial charge on any atom is 0.317 e. The molecule has 0 aliphatic rings. The Bertz CT molecular complexity index is 489. The highest BCUT2D eigenvalue weighted by Crippen LogP contribution is 2.14. The molecule has 0 saturated heterocycles. The predicted octanol–water partition coefficient (Wildman–Crippen LogP) is 1.22. The molecule has 1 amide bonds. The van der Waals surface area contributed by atoms with Gasteiger partial charge in [0.2, 0.25) is 5.91 Å². The third-order valence-corrected chi connectivity index (χ3v) is 2.78. The van der Waals surface area contributed by atoms with Crippen LogP contribution >= 0.6 is 0 Å². The van der Waals surface area contributed by atoms with Gasteiger partial charge in [0.25, 0.3) is 0 Å². The van der Waals surface area contributed by atoms with Gasteiger partial charge in [-0.1, -0.05) is 6.07 Å². The number of nitrogens with two attached hydrogens (primary N) is 1. The van der Waals surface area contributed by atoms with Gasteiger partial charge in [-0.25, -0.2) is 4.39 Å². The van der Waals surface area contributed by atoms with Gasteiger partial charge in [-0.15, -0.1) is 0 Å². The Hall–Kier alpha value is -1.95. The van der Waals surface area contributed by atoms with Crippen LogP contribution in [0.3, 0.4) is 0 Å². The average Bonchev–Trinajstić information content (AvgIpc) is 2.29. The Balaban J connectivity index is 2.91. The number of carboxylic acid groups (broad SMARTS) is 1. The number of amides is 1. The van der Waals surface area contributed by atoms with Crippen LogP contribution in [0.1, 0.15) is 29.8 Å². The number of halogens is 1. The smallest absolute Gasteiger partial charge is 0.317 e. The van der Waals surface area contributed by atoms with Crippen LogP contribution in [0.5, 0.6) is 0 Å². The summed E-state index contributed by atoms with van der Waals surface area (Å²) < 4.78 is 13.8. The number of hydrogen-bond acceptors (Lipinski definition) is 3. The molecule has 0 atom stereocenters. The summed E-state index contributed by atoms with van der Waals surface area (Å²) in [6.45, 7) is 3.65. The number of carbonyl (C=O) groups is 2. The molecule has 0 heterocycles. The van der Waals surface area contributed by atoms with Crippen molar-refractivity contribution in [2.45, 2.75) is 26.4 Å². The second-order valence-corrected chi connectivity index (χ2v) is 4.56. The van der Waals surface area contributed by atoms with E-state index in [0.29, 0.717) is 5.56 Å². The zero-order chi connectivity index (χ0) is 14.6. The molecule has 19 heavy (non-hydrogen) atoms. The van der Waals surface area contributed by atoms with E-state index in [4.69, 9.17) is 10.8 Å². The van der Waals surface area contributed by atoms with E-state index >= 15 is 0 Å². The normalized spacial score (nSPS) is 11.0. The molecule has 0 aliphatic heterocycles. The number of carboxylic acids is 1. The summed E-state index contributed by atoms with van der Waals surface area (Å²) in [6.07, 6.45) is 0. The molecule has 0 radical (unpaired) electrons. The highest BCUT2D eigenvalue weighted by Gasteiger charge is 2.16. The lowest BCUT2D eigenvalue weighted by Crippen LogP contribution is -2.35. The van der Waals surface area contributed by atoms with E-state index in [2.05, 4.69) is 0 Å². The molecule has 0 saturated carbocycles. The van der Waals surface area contributed by atoms with Gasteiger partial charge in [-0.05, 0) is 26.0 Å². The molecule has 0 bridgehead atoms. The zero-order valence-electron chi connectivity index (χ0n) is 10.9. The second-order valence-electron chi connectivity index (χ2n) is 4.56. The quantitative estimate of drug-likeness (QED) is 0.812. The van der Waals surface area contributed by atoms with Crippen LogP contribution in [-0.4, -0.2) is 34.5 Å². The van der Waals surface area contributed by atoms with Crippen LogP contribution in [0, 0.1) is 5.82 Å². The largest absolute Gasteiger partial charge is 0.480 e. The van der Waals surface area contributed by atoms with Crippen LogP contribution in [0.15, 0.2) is 18.2 Å². The number of aliphatic carboxylic acids is 1. The lowest BCUT2D eigenvalue weighted by atomic mass is 10.1. The van der Waals surface area contributed by atoms with Crippen LogP contribution < -0.4 is 5.73 Å². The molecule has 104 valence electrons. The first-order valence-electron chi connectivity index (χ1n) is 5.85. The third-order valence-electron chi connectivity index (χ3n) is 2.78. The first-order valence-corrected chi connectivity index (χ1v) is 5.85. The van der Waals surface area contributed by atoms with E-state index in [1.165, 1.54) is 12.1 Å². The summed E-state index contributed by atoms with van der Waals surface area (Å²) >= 11 is 0. The molecular formula is C13H17FN2O3. The van der Waals surface area contributed by atoms with E-state index in [9.17, 15) is 14.0 Å². The van der Waals surface area contributed by atoms with Crippen LogP contribution in [0.4, 0.5) is 4.39 Å². The summed E-state index contributed by atoms with van der Waals surface area (Å²) in [5.74, 6) is -2.23. The maximum absolute atomic E-state index is 13.8. The number of hydrogen-bond donors (Lipinski definition) is 2. The lowest BCUT2D eigenvalue weighted by Gasteiger charge is -2.24. The van der Waals surface area contributed by atoms with Crippen molar-refractivity contribution in [1.29, 1.82) is 0 Å². The highest BCUT2D eigenvalue weighted by molar-refractivity contribution is 5.92. The molecule has 0 aromatic heterocycles. The van der Waals surface area contributed by atoms with E-state index in [1.807, 2.05) is 13.8 Å². The van der Waals surface area contributed by atoms with E-state index in [1.54, 1.807) is 4.90 Å². The van der Waals surface area contributed by atoms with Crippen molar-refractivity contribution in [3.05, 3.63) is 35.1 Å². The average molecular weight is 268 g/mol. The Morgan fingerprint density at radius 3 is 2.47 bits per heavy atom. The molecule has 0 spiro atoms. The van der Waals surface area contributed by atoms with Crippen molar-refractivity contribution in [3.63, 3.8) is 0 Å². The van der Waals surface area contributed by atoms with Gasteiger partial charge in [0, 0.05) is 23.7 Å². The van der Waals surface area contributed by atoms with Crippen LogP contribution in [0.25, 0.3) is 0 Å². The summed E-state index contributed by atoms with van der Waals surface area (Å²) in [5, 5.41) is 8.80. The molecule has 0 aliphatic carbocycles. The predicted molar refractivity (Wildman–Crippen MR) is 68.1 cm³/mol. The molecule has 6 heteroatoms. The molecule has 5 nitrogen and oxygen atoms in total. The lowest BCUT2D eigenvalue weighted by molar-refractivity contribution is -0.139. The molecule has 0 unspecified atom stereocenters. The van der Waals surface area contributed by atoms with Crippen molar-refractivity contribution in [2.75, 3.05) is 6.54 Å². The van der Waals surface area contributed by atoms with Gasteiger partial charge in [-0.2, -0.15) is 0 Å². The Kier molecular flexibility index (Phi) is 5.00. The summed E-state index contributed by atoms with van der Waals surface area (Å²) in [7, 11) is 0. The molecule has 1 aromatic carbocycles. The Labute approximate surface area is 110 Å². The van der Waals surface area contributed by atoms with Crippen molar-refractivity contribution < 1.29 is 19.1 Å². The third kappa shape index (κ3) is 4.33. The summed E-state index contributed by atoms with van der Waals surface area (Å²) in [4.78, 5) is 23.3. The van der Waals surface area contributed by atoms with Gasteiger partial charge in [0.1, 0.15) is 5.82 Å². The van der Waals surface area contributed by atoms with Gasteiger partial charge in [-0.3, -0.25) is 14.5 Å². The van der Waals surface area contributed by atoms with E-state index in [0.717, 1.165) is 6.07 Å². The van der Waals surface area contributed by atoms with E-state index in [-0.39, 0.29) is 24.7 Å². The maximum atomic E-state index is 13.8. The van der Waals surface area contributed by atoms with Gasteiger partial charge in [0.15, 0.2) is 0 Å². The molecule has 1 rings (SSSR count). The van der Waals surface area contributed by atoms with Gasteiger partial charge in [0.05, 0.1) is 6.54 Å². The Morgan fingerprint density at radius 1 is 1.42 bits per heavy atom. The first kappa shape index (κ1) is 15.1. The number of primary amides is 1. The minimum absolute atomic E-state index is 0.0358. The van der Waals surface area contributed by atoms with Crippen molar-refractivity contribution in [3.8, 4) is 0 Å². The Morgan fingerprint density at radius 2 is 2.05 bits per heavy atom. The molecule has 1 aromatic rings. The SMILES string of the molecule is CC(C)N(CC(=O)O)Cc1ccc(C(N)=O)cc1F. The van der Waals surface area contributed by atoms with Crippen LogP contribution in [0.2, 0.25) is 0 Å². The number of carbonyl (C=O) groups excluding carboxylic acids is 1. The monoisotopic (exact) mass is 268 g/mol.